The molecule has 0 spiro atoms. The molecule has 1 heterocycles. The fourth-order valence-corrected chi connectivity index (χ4v) is 1.93. The van der Waals surface area contributed by atoms with Gasteiger partial charge in [-0.2, -0.15) is 0 Å². The Morgan fingerprint density at radius 2 is 2.05 bits per heavy atom. The smallest absolute Gasteiger partial charge is 0.255 e. The highest BCUT2D eigenvalue weighted by Gasteiger charge is 2.14. The van der Waals surface area contributed by atoms with Crippen molar-refractivity contribution in [2.24, 2.45) is 0 Å². The van der Waals surface area contributed by atoms with Crippen molar-refractivity contribution in [1.82, 2.24) is 9.88 Å². The van der Waals surface area contributed by atoms with Gasteiger partial charge in [0.1, 0.15) is 5.75 Å². The van der Waals surface area contributed by atoms with E-state index in [1.807, 2.05) is 13.0 Å². The highest BCUT2D eigenvalue weighted by molar-refractivity contribution is 5.93. The minimum Gasteiger partial charge on any atom is -0.508 e. The Balaban J connectivity index is 2.07. The topological polar surface area (TPSA) is 62.7 Å². The number of hydrogen-bond donors (Lipinski definition) is 1. The van der Waals surface area contributed by atoms with E-state index in [9.17, 15) is 9.90 Å². The van der Waals surface area contributed by atoms with Crippen LogP contribution in [0.1, 0.15) is 22.8 Å². The molecule has 1 N–H and O–H groups in total. The lowest BCUT2D eigenvalue weighted by atomic mass is 10.1. The standard InChI is InChI=1S/C16H18N2O3/c1-3-21-15-9-8-12(10-17-15)16(20)18(2)11-13-6-4-5-7-14(13)19/h4-10,19H,3,11H2,1-2H3. The Morgan fingerprint density at radius 3 is 2.67 bits per heavy atom. The van der Waals surface area contributed by atoms with E-state index >= 15 is 0 Å². The molecule has 0 radical (unpaired) electrons. The fourth-order valence-electron chi connectivity index (χ4n) is 1.93. The van der Waals surface area contributed by atoms with Crippen LogP contribution in [0.4, 0.5) is 0 Å². The summed E-state index contributed by atoms with van der Waals surface area (Å²) in [7, 11) is 1.69. The van der Waals surface area contributed by atoms with E-state index in [1.165, 1.54) is 11.1 Å². The number of rotatable bonds is 5. The zero-order valence-electron chi connectivity index (χ0n) is 12.1. The van der Waals surface area contributed by atoms with Crippen molar-refractivity contribution in [3.63, 3.8) is 0 Å². The predicted octanol–water partition coefficient (Wildman–Crippen LogP) is 2.46. The summed E-state index contributed by atoms with van der Waals surface area (Å²) < 4.78 is 5.24. The van der Waals surface area contributed by atoms with Crippen LogP contribution in [0.5, 0.6) is 11.6 Å². The fraction of sp³-hybridized carbons (Fsp3) is 0.250. The third-order valence-electron chi connectivity index (χ3n) is 3.02. The van der Waals surface area contributed by atoms with Gasteiger partial charge in [0.25, 0.3) is 5.91 Å². The second kappa shape index (κ2) is 6.74. The number of ether oxygens (including phenoxy) is 1. The van der Waals surface area contributed by atoms with Crippen molar-refractivity contribution < 1.29 is 14.6 Å². The third kappa shape index (κ3) is 3.72. The van der Waals surface area contributed by atoms with E-state index in [2.05, 4.69) is 4.98 Å². The Morgan fingerprint density at radius 1 is 1.29 bits per heavy atom. The van der Waals surface area contributed by atoms with E-state index in [0.717, 1.165) is 0 Å². The molecular formula is C16H18N2O3. The van der Waals surface area contributed by atoms with Crippen LogP contribution < -0.4 is 4.74 Å². The lowest BCUT2D eigenvalue weighted by molar-refractivity contribution is 0.0784. The molecule has 0 aliphatic heterocycles. The molecule has 0 fully saturated rings. The maximum Gasteiger partial charge on any atom is 0.255 e. The first-order chi connectivity index (χ1) is 10.1. The van der Waals surface area contributed by atoms with Gasteiger partial charge in [-0.05, 0) is 19.1 Å². The maximum atomic E-state index is 12.3. The second-order valence-corrected chi connectivity index (χ2v) is 4.61. The molecule has 0 unspecified atom stereocenters. The Kier molecular flexibility index (Phi) is 4.77. The summed E-state index contributed by atoms with van der Waals surface area (Å²) in [5.41, 5.74) is 1.18. The summed E-state index contributed by atoms with van der Waals surface area (Å²) >= 11 is 0. The molecule has 21 heavy (non-hydrogen) atoms. The minimum absolute atomic E-state index is 0.159. The summed E-state index contributed by atoms with van der Waals surface area (Å²) in [6.45, 7) is 2.74. The van der Waals surface area contributed by atoms with Crippen LogP contribution >= 0.6 is 0 Å². The Hall–Kier alpha value is -2.56. The molecule has 1 aromatic carbocycles. The van der Waals surface area contributed by atoms with Gasteiger partial charge in [-0.3, -0.25) is 4.79 Å². The lowest BCUT2D eigenvalue weighted by Crippen LogP contribution is -2.26. The Bertz CT molecular complexity index is 611. The molecular weight excluding hydrogens is 268 g/mol. The molecule has 5 nitrogen and oxygen atoms in total. The maximum absolute atomic E-state index is 12.3. The Labute approximate surface area is 123 Å². The first-order valence-corrected chi connectivity index (χ1v) is 6.73. The molecule has 0 atom stereocenters. The average Bonchev–Trinajstić information content (AvgIpc) is 2.50. The number of aromatic hydroxyl groups is 1. The van der Waals surface area contributed by atoms with Crippen LogP contribution in [-0.2, 0) is 6.54 Å². The molecule has 2 rings (SSSR count). The van der Waals surface area contributed by atoms with Crippen molar-refractivity contribution in [1.29, 1.82) is 0 Å². The first-order valence-electron chi connectivity index (χ1n) is 6.73. The number of aromatic nitrogens is 1. The number of carbonyl (C=O) groups excluding carboxylic acids is 1. The molecule has 0 saturated heterocycles. The number of hydrogen-bond acceptors (Lipinski definition) is 4. The largest absolute Gasteiger partial charge is 0.508 e. The van der Waals surface area contributed by atoms with Crippen molar-refractivity contribution in [2.75, 3.05) is 13.7 Å². The summed E-state index contributed by atoms with van der Waals surface area (Å²) in [6, 6.07) is 10.3. The molecule has 5 heteroatoms. The van der Waals surface area contributed by atoms with E-state index in [4.69, 9.17) is 4.74 Å². The zero-order chi connectivity index (χ0) is 15.2. The highest BCUT2D eigenvalue weighted by Crippen LogP contribution is 2.18. The summed E-state index contributed by atoms with van der Waals surface area (Å²) in [6.07, 6.45) is 1.49. The van der Waals surface area contributed by atoms with Gasteiger partial charge in [0.2, 0.25) is 5.88 Å². The molecule has 110 valence electrons. The molecule has 0 bridgehead atoms. The second-order valence-electron chi connectivity index (χ2n) is 4.61. The predicted molar refractivity (Wildman–Crippen MR) is 79.3 cm³/mol. The molecule has 0 aliphatic carbocycles. The van der Waals surface area contributed by atoms with Crippen molar-refractivity contribution >= 4 is 5.91 Å². The quantitative estimate of drug-likeness (QED) is 0.917. The van der Waals surface area contributed by atoms with Gasteiger partial charge in [-0.1, -0.05) is 18.2 Å². The van der Waals surface area contributed by atoms with Crippen LogP contribution in [0, 0.1) is 0 Å². The third-order valence-corrected chi connectivity index (χ3v) is 3.02. The summed E-state index contributed by atoms with van der Waals surface area (Å²) in [5, 5.41) is 9.74. The van der Waals surface area contributed by atoms with Crippen LogP contribution in [0.3, 0.4) is 0 Å². The van der Waals surface area contributed by atoms with Crippen LogP contribution in [0.25, 0.3) is 0 Å². The van der Waals surface area contributed by atoms with E-state index in [1.54, 1.807) is 37.4 Å². The molecule has 1 amide bonds. The number of pyridine rings is 1. The SMILES string of the molecule is CCOc1ccc(C(=O)N(C)Cc2ccccc2O)cn1. The van der Waals surface area contributed by atoms with Crippen LogP contribution in [0.15, 0.2) is 42.6 Å². The first kappa shape index (κ1) is 14.8. The zero-order valence-corrected chi connectivity index (χ0v) is 12.1. The highest BCUT2D eigenvalue weighted by atomic mass is 16.5. The van der Waals surface area contributed by atoms with Gasteiger partial charge in [-0.15, -0.1) is 0 Å². The minimum atomic E-state index is -0.159. The summed E-state index contributed by atoms with van der Waals surface area (Å²) in [5.74, 6) is 0.521. The van der Waals surface area contributed by atoms with Gasteiger partial charge < -0.3 is 14.7 Å². The monoisotopic (exact) mass is 286 g/mol. The summed E-state index contributed by atoms with van der Waals surface area (Å²) in [4.78, 5) is 17.9. The van der Waals surface area contributed by atoms with Gasteiger partial charge >= 0.3 is 0 Å². The van der Waals surface area contributed by atoms with E-state index < -0.39 is 0 Å². The van der Waals surface area contributed by atoms with Crippen LogP contribution in [0.2, 0.25) is 0 Å². The number of phenols is 1. The number of phenolic OH excluding ortho intramolecular Hbond substituents is 1. The molecule has 2 aromatic rings. The molecule has 0 saturated carbocycles. The van der Waals surface area contributed by atoms with Gasteiger partial charge in [0.05, 0.1) is 12.2 Å². The van der Waals surface area contributed by atoms with Gasteiger partial charge in [0, 0.05) is 31.4 Å². The number of benzene rings is 1. The number of para-hydroxylation sites is 1. The molecule has 0 aliphatic rings. The normalized spacial score (nSPS) is 10.2. The average molecular weight is 286 g/mol. The van der Waals surface area contributed by atoms with Crippen LogP contribution in [-0.4, -0.2) is 34.6 Å². The number of nitrogens with zero attached hydrogens (tertiary/aromatic N) is 2. The lowest BCUT2D eigenvalue weighted by Gasteiger charge is -2.18. The van der Waals surface area contributed by atoms with Crippen molar-refractivity contribution in [2.45, 2.75) is 13.5 Å². The van der Waals surface area contributed by atoms with Crippen molar-refractivity contribution in [3.05, 3.63) is 53.7 Å². The molecule has 1 aromatic heterocycles. The van der Waals surface area contributed by atoms with Gasteiger partial charge in [-0.25, -0.2) is 4.98 Å². The van der Waals surface area contributed by atoms with Crippen molar-refractivity contribution in [3.8, 4) is 11.6 Å². The number of amides is 1. The van der Waals surface area contributed by atoms with E-state index in [0.29, 0.717) is 30.2 Å². The van der Waals surface area contributed by atoms with Gasteiger partial charge in [0.15, 0.2) is 0 Å². The van der Waals surface area contributed by atoms with E-state index in [-0.39, 0.29) is 11.7 Å². The number of carbonyl (C=O) groups is 1.